The largest absolute Gasteiger partial charge is 0.418 e. The van der Waals surface area contributed by atoms with Gasteiger partial charge in [-0.25, -0.2) is 0 Å². The highest BCUT2D eigenvalue weighted by atomic mass is 19.4. The molecular weight excluding hydrogens is 239 g/mol. The molecule has 2 rings (SSSR count). The predicted octanol–water partition coefficient (Wildman–Crippen LogP) is 4.27. The van der Waals surface area contributed by atoms with E-state index >= 15 is 0 Å². The van der Waals surface area contributed by atoms with Crippen molar-refractivity contribution in [2.24, 2.45) is 0 Å². The van der Waals surface area contributed by atoms with E-state index in [1.165, 1.54) is 18.3 Å². The van der Waals surface area contributed by atoms with Crippen LogP contribution in [0.4, 0.5) is 13.2 Å². The van der Waals surface area contributed by atoms with Crippen molar-refractivity contribution in [3.8, 4) is 0 Å². The number of nitrogens with zero attached hydrogens (tertiary/aromatic N) is 1. The first-order chi connectivity index (χ1) is 8.57. The molecule has 0 spiro atoms. The van der Waals surface area contributed by atoms with Crippen LogP contribution in [0.3, 0.4) is 0 Å². The summed E-state index contributed by atoms with van der Waals surface area (Å²) in [6.45, 7) is 0. The molecular formula is C14H10F3N. The lowest BCUT2D eigenvalue weighted by molar-refractivity contribution is -0.138. The average molecular weight is 249 g/mol. The van der Waals surface area contributed by atoms with Gasteiger partial charge in [0.2, 0.25) is 0 Å². The molecule has 0 aliphatic rings. The third-order valence-electron chi connectivity index (χ3n) is 2.38. The second-order valence-corrected chi connectivity index (χ2v) is 3.68. The summed E-state index contributed by atoms with van der Waals surface area (Å²) in [6.07, 6.45) is -0.0553. The molecule has 1 heterocycles. The Hall–Kier alpha value is -2.10. The van der Waals surface area contributed by atoms with Crippen LogP contribution in [0.15, 0.2) is 48.7 Å². The molecule has 4 heteroatoms. The van der Waals surface area contributed by atoms with Gasteiger partial charge in [0.25, 0.3) is 0 Å². The van der Waals surface area contributed by atoms with E-state index in [1.54, 1.807) is 6.08 Å². The second kappa shape index (κ2) is 5.04. The Morgan fingerprint density at radius 2 is 1.61 bits per heavy atom. The van der Waals surface area contributed by atoms with E-state index in [4.69, 9.17) is 0 Å². The smallest absolute Gasteiger partial charge is 0.256 e. The number of rotatable bonds is 2. The summed E-state index contributed by atoms with van der Waals surface area (Å²) in [5.41, 5.74) is 0.0299. The summed E-state index contributed by atoms with van der Waals surface area (Å²) in [7, 11) is 0. The minimum absolute atomic E-state index is 0.0751. The fraction of sp³-hybridized carbons (Fsp3) is 0.0714. The number of hydrogen-bond donors (Lipinski definition) is 0. The molecule has 18 heavy (non-hydrogen) atoms. The molecule has 92 valence electrons. The normalized spacial score (nSPS) is 11.9. The van der Waals surface area contributed by atoms with Crippen LogP contribution in [0.2, 0.25) is 0 Å². The Bertz CT molecular complexity index is 544. The number of hydrogen-bond acceptors (Lipinski definition) is 1. The molecule has 0 N–H and O–H groups in total. The maximum atomic E-state index is 12.7. The van der Waals surface area contributed by atoms with Gasteiger partial charge in [0.15, 0.2) is 0 Å². The molecule has 0 bridgehead atoms. The number of alkyl halides is 3. The first kappa shape index (κ1) is 12.4. The number of aromatic nitrogens is 1. The predicted molar refractivity (Wildman–Crippen MR) is 64.6 cm³/mol. The zero-order valence-corrected chi connectivity index (χ0v) is 9.35. The molecule has 0 radical (unpaired) electrons. The molecule has 0 saturated carbocycles. The van der Waals surface area contributed by atoms with Gasteiger partial charge in [0.05, 0.1) is 11.3 Å². The standard InChI is InChI=1S/C14H10F3N/c15-14(16,17)12-7-4-10-18-13(12)9-8-11-5-2-1-3-6-11/h1-10H/b9-8+. The van der Waals surface area contributed by atoms with Crippen molar-refractivity contribution in [3.63, 3.8) is 0 Å². The monoisotopic (exact) mass is 249 g/mol. The van der Waals surface area contributed by atoms with Crippen LogP contribution < -0.4 is 0 Å². The maximum absolute atomic E-state index is 12.7. The zero-order chi connectivity index (χ0) is 13.0. The summed E-state index contributed by atoms with van der Waals surface area (Å²) < 4.78 is 38.1. The van der Waals surface area contributed by atoms with Crippen molar-refractivity contribution in [3.05, 3.63) is 65.5 Å². The lowest BCUT2D eigenvalue weighted by atomic mass is 10.1. The molecule has 0 aliphatic heterocycles. The lowest BCUT2D eigenvalue weighted by Crippen LogP contribution is -2.08. The third-order valence-corrected chi connectivity index (χ3v) is 2.38. The van der Waals surface area contributed by atoms with Crippen molar-refractivity contribution in [2.45, 2.75) is 6.18 Å². The molecule has 1 aromatic heterocycles. The van der Waals surface area contributed by atoms with Gasteiger partial charge >= 0.3 is 6.18 Å². The summed E-state index contributed by atoms with van der Waals surface area (Å²) in [6, 6.07) is 11.4. The van der Waals surface area contributed by atoms with Gasteiger partial charge in [-0.3, -0.25) is 4.98 Å². The summed E-state index contributed by atoms with van der Waals surface area (Å²) in [5.74, 6) is 0. The van der Waals surface area contributed by atoms with Gasteiger partial charge in [-0.15, -0.1) is 0 Å². The Balaban J connectivity index is 2.33. The SMILES string of the molecule is FC(F)(F)c1cccnc1/C=C/c1ccccc1. The molecule has 1 aromatic carbocycles. The molecule has 0 amide bonds. The Labute approximate surface area is 103 Å². The first-order valence-corrected chi connectivity index (χ1v) is 5.33. The van der Waals surface area contributed by atoms with Crippen molar-refractivity contribution in [1.82, 2.24) is 4.98 Å². The van der Waals surface area contributed by atoms with E-state index in [-0.39, 0.29) is 5.69 Å². The average Bonchev–Trinajstić information content (AvgIpc) is 2.37. The molecule has 0 aliphatic carbocycles. The lowest BCUT2D eigenvalue weighted by Gasteiger charge is -2.08. The highest BCUT2D eigenvalue weighted by Crippen LogP contribution is 2.31. The van der Waals surface area contributed by atoms with Gasteiger partial charge < -0.3 is 0 Å². The van der Waals surface area contributed by atoms with Crippen LogP contribution in [-0.4, -0.2) is 4.98 Å². The summed E-state index contributed by atoms with van der Waals surface area (Å²) >= 11 is 0. The van der Waals surface area contributed by atoms with Crippen molar-refractivity contribution in [2.75, 3.05) is 0 Å². The van der Waals surface area contributed by atoms with Crippen molar-refractivity contribution >= 4 is 12.2 Å². The molecule has 1 nitrogen and oxygen atoms in total. The molecule has 2 aromatic rings. The van der Waals surface area contributed by atoms with E-state index in [2.05, 4.69) is 4.98 Å². The van der Waals surface area contributed by atoms with Gasteiger partial charge in [0.1, 0.15) is 0 Å². The number of pyridine rings is 1. The summed E-state index contributed by atoms with van der Waals surface area (Å²) in [5, 5.41) is 0. The first-order valence-electron chi connectivity index (χ1n) is 5.33. The Morgan fingerprint density at radius 3 is 2.28 bits per heavy atom. The fourth-order valence-electron chi connectivity index (χ4n) is 1.53. The quantitative estimate of drug-likeness (QED) is 0.774. The maximum Gasteiger partial charge on any atom is 0.418 e. The molecule has 0 atom stereocenters. The number of halogens is 3. The highest BCUT2D eigenvalue weighted by Gasteiger charge is 2.33. The molecule has 0 fully saturated rings. The second-order valence-electron chi connectivity index (χ2n) is 3.68. The van der Waals surface area contributed by atoms with Crippen LogP contribution in [0, 0.1) is 0 Å². The van der Waals surface area contributed by atoms with Gasteiger partial charge in [0, 0.05) is 6.20 Å². The van der Waals surface area contributed by atoms with E-state index in [1.807, 2.05) is 30.3 Å². The van der Waals surface area contributed by atoms with Crippen LogP contribution in [0.5, 0.6) is 0 Å². The minimum Gasteiger partial charge on any atom is -0.256 e. The summed E-state index contributed by atoms with van der Waals surface area (Å²) in [4.78, 5) is 3.75. The van der Waals surface area contributed by atoms with Gasteiger partial charge in [-0.1, -0.05) is 36.4 Å². The zero-order valence-electron chi connectivity index (χ0n) is 9.35. The molecule has 0 saturated heterocycles. The van der Waals surface area contributed by atoms with Gasteiger partial charge in [-0.05, 0) is 23.8 Å². The highest BCUT2D eigenvalue weighted by molar-refractivity contribution is 5.69. The third kappa shape index (κ3) is 2.97. The Kier molecular flexibility index (Phi) is 3.46. The van der Waals surface area contributed by atoms with E-state index in [9.17, 15) is 13.2 Å². The fourth-order valence-corrected chi connectivity index (χ4v) is 1.53. The minimum atomic E-state index is -4.38. The number of benzene rings is 1. The van der Waals surface area contributed by atoms with Crippen LogP contribution in [-0.2, 0) is 6.18 Å². The Morgan fingerprint density at radius 1 is 0.889 bits per heavy atom. The molecule has 0 unspecified atom stereocenters. The van der Waals surface area contributed by atoms with E-state index in [0.717, 1.165) is 11.6 Å². The van der Waals surface area contributed by atoms with Crippen LogP contribution in [0.1, 0.15) is 16.8 Å². The topological polar surface area (TPSA) is 12.9 Å². The van der Waals surface area contributed by atoms with Crippen molar-refractivity contribution < 1.29 is 13.2 Å². The van der Waals surface area contributed by atoms with E-state index in [0.29, 0.717) is 0 Å². The van der Waals surface area contributed by atoms with Crippen molar-refractivity contribution in [1.29, 1.82) is 0 Å². The van der Waals surface area contributed by atoms with Crippen LogP contribution in [0.25, 0.3) is 12.2 Å². The van der Waals surface area contributed by atoms with E-state index < -0.39 is 11.7 Å². The van der Waals surface area contributed by atoms with Gasteiger partial charge in [-0.2, -0.15) is 13.2 Å². The van der Waals surface area contributed by atoms with Crippen LogP contribution >= 0.6 is 0 Å².